The maximum atomic E-state index is 14.5. The lowest BCUT2D eigenvalue weighted by molar-refractivity contribution is -0.0187. The van der Waals surface area contributed by atoms with Gasteiger partial charge in [0.25, 0.3) is 5.92 Å². The molecule has 2 aromatic rings. The third-order valence-electron chi connectivity index (χ3n) is 7.24. The summed E-state index contributed by atoms with van der Waals surface area (Å²) in [6, 6.07) is 12.4. The number of hydrogen-bond acceptors (Lipinski definition) is 0. The van der Waals surface area contributed by atoms with Gasteiger partial charge in [0.1, 0.15) is 5.82 Å². The molecule has 1 fully saturated rings. The van der Waals surface area contributed by atoms with Gasteiger partial charge >= 0.3 is 0 Å². The molecule has 0 radical (unpaired) electrons. The van der Waals surface area contributed by atoms with Crippen molar-refractivity contribution in [1.29, 1.82) is 0 Å². The van der Waals surface area contributed by atoms with Gasteiger partial charge in [-0.05, 0) is 72.8 Å². The van der Waals surface area contributed by atoms with E-state index in [-0.39, 0.29) is 6.42 Å². The van der Waals surface area contributed by atoms with E-state index in [1.54, 1.807) is 6.07 Å². The van der Waals surface area contributed by atoms with Crippen LogP contribution in [0.25, 0.3) is 11.1 Å². The molecule has 0 aliphatic heterocycles. The molecule has 1 aliphatic carbocycles. The Morgan fingerprint density at radius 2 is 1.44 bits per heavy atom. The zero-order chi connectivity index (χ0) is 23.0. The topological polar surface area (TPSA) is 0 Å². The molecule has 3 heteroatoms. The van der Waals surface area contributed by atoms with Crippen molar-refractivity contribution in [2.75, 3.05) is 0 Å². The maximum absolute atomic E-state index is 14.5. The maximum Gasteiger partial charge on any atom is 0.276 e. The Labute approximate surface area is 192 Å². The summed E-state index contributed by atoms with van der Waals surface area (Å²) in [6.07, 6.45) is 12.6. The van der Waals surface area contributed by atoms with Crippen molar-refractivity contribution in [1.82, 2.24) is 0 Å². The molecule has 0 unspecified atom stereocenters. The molecular weight excluding hydrogens is 405 g/mol. The molecule has 32 heavy (non-hydrogen) atoms. The van der Waals surface area contributed by atoms with Crippen LogP contribution in [0.15, 0.2) is 42.5 Å². The number of benzene rings is 2. The van der Waals surface area contributed by atoms with Crippen LogP contribution in [0.5, 0.6) is 0 Å². The Kier molecular flexibility index (Phi) is 9.25. The number of hydrogen-bond donors (Lipinski definition) is 0. The molecular formula is C29H39F3. The van der Waals surface area contributed by atoms with Gasteiger partial charge in [-0.2, -0.15) is 0 Å². The predicted octanol–water partition coefficient (Wildman–Crippen LogP) is 10.0. The molecule has 3 rings (SSSR count). The van der Waals surface area contributed by atoms with Crippen molar-refractivity contribution in [3.05, 3.63) is 59.4 Å². The van der Waals surface area contributed by atoms with Gasteiger partial charge in [-0.1, -0.05) is 82.7 Å². The van der Waals surface area contributed by atoms with Crippen LogP contribution in [0.2, 0.25) is 0 Å². The van der Waals surface area contributed by atoms with E-state index >= 15 is 0 Å². The lowest BCUT2D eigenvalue weighted by Crippen LogP contribution is -2.15. The molecule has 0 nitrogen and oxygen atoms in total. The first-order valence-corrected chi connectivity index (χ1v) is 12.7. The van der Waals surface area contributed by atoms with Crippen molar-refractivity contribution >= 4 is 0 Å². The molecule has 176 valence electrons. The minimum absolute atomic E-state index is 0.310. The van der Waals surface area contributed by atoms with Gasteiger partial charge in [0.15, 0.2) is 0 Å². The zero-order valence-corrected chi connectivity index (χ0v) is 19.8. The second-order valence-corrected chi connectivity index (χ2v) is 9.69. The first kappa shape index (κ1) is 24.9. The number of alkyl halides is 2. The second kappa shape index (κ2) is 11.9. The average Bonchev–Trinajstić information content (AvgIpc) is 2.81. The fraction of sp³-hybridized carbons (Fsp3) is 0.586. The van der Waals surface area contributed by atoms with Gasteiger partial charge in [-0.15, -0.1) is 0 Å². The highest BCUT2D eigenvalue weighted by Crippen LogP contribution is 2.39. The second-order valence-electron chi connectivity index (χ2n) is 9.69. The highest BCUT2D eigenvalue weighted by molar-refractivity contribution is 5.64. The number of unbranched alkanes of at least 4 members (excludes halogenated alkanes) is 4. The summed E-state index contributed by atoms with van der Waals surface area (Å²) in [7, 11) is 0. The summed E-state index contributed by atoms with van der Waals surface area (Å²) < 4.78 is 43.1. The van der Waals surface area contributed by atoms with E-state index in [1.807, 2.05) is 19.1 Å². The number of halogens is 3. The average molecular weight is 445 g/mol. The van der Waals surface area contributed by atoms with E-state index in [0.29, 0.717) is 24.3 Å². The SMILES string of the molecule is CCCCCC[C@H]1CC[C@H](c2ccc(-c3ccc(C(F)(F)CCCC)c(F)c3)cc2)CC1. The van der Waals surface area contributed by atoms with Crippen LogP contribution in [-0.4, -0.2) is 0 Å². The van der Waals surface area contributed by atoms with E-state index in [1.165, 1.54) is 75.5 Å². The minimum atomic E-state index is -3.11. The van der Waals surface area contributed by atoms with Crippen LogP contribution < -0.4 is 0 Å². The number of rotatable bonds is 11. The molecule has 1 saturated carbocycles. The summed E-state index contributed by atoms with van der Waals surface area (Å²) in [5.41, 5.74) is 2.39. The van der Waals surface area contributed by atoms with E-state index in [2.05, 4.69) is 19.1 Å². The third-order valence-corrected chi connectivity index (χ3v) is 7.24. The molecule has 0 heterocycles. The van der Waals surface area contributed by atoms with Crippen molar-refractivity contribution in [3.63, 3.8) is 0 Å². The highest BCUT2D eigenvalue weighted by Gasteiger charge is 2.33. The first-order valence-electron chi connectivity index (χ1n) is 12.7. The molecule has 0 N–H and O–H groups in total. The van der Waals surface area contributed by atoms with Gasteiger partial charge in [0.2, 0.25) is 0 Å². The van der Waals surface area contributed by atoms with Crippen LogP contribution in [0.4, 0.5) is 13.2 Å². The standard InChI is InChI=1S/C29H39F3/c1-3-5-7-8-9-22-10-12-23(13-11-22)24-14-16-25(17-15-24)26-18-19-27(28(30)21-26)29(31,32)20-6-4-2/h14-19,21-23H,3-13,20H2,1-2H3/t22-,23-. The molecule has 0 amide bonds. The Morgan fingerprint density at radius 1 is 0.781 bits per heavy atom. The molecule has 0 bridgehead atoms. The molecule has 2 aromatic carbocycles. The fourth-order valence-corrected chi connectivity index (χ4v) is 5.12. The van der Waals surface area contributed by atoms with Gasteiger partial charge in [-0.25, -0.2) is 13.2 Å². The molecule has 0 aromatic heterocycles. The Balaban J connectivity index is 1.58. The summed E-state index contributed by atoms with van der Waals surface area (Å²) >= 11 is 0. The molecule has 1 aliphatic rings. The monoisotopic (exact) mass is 444 g/mol. The van der Waals surface area contributed by atoms with Gasteiger partial charge in [0, 0.05) is 6.42 Å². The Morgan fingerprint density at radius 3 is 2.06 bits per heavy atom. The van der Waals surface area contributed by atoms with Crippen molar-refractivity contribution in [2.45, 2.75) is 103 Å². The molecule has 0 spiro atoms. The molecule has 0 atom stereocenters. The van der Waals surface area contributed by atoms with Gasteiger partial charge in [0.05, 0.1) is 5.56 Å². The van der Waals surface area contributed by atoms with Crippen LogP contribution in [0.1, 0.15) is 108 Å². The van der Waals surface area contributed by atoms with E-state index in [9.17, 15) is 13.2 Å². The van der Waals surface area contributed by atoms with E-state index in [0.717, 1.165) is 11.5 Å². The molecule has 0 saturated heterocycles. The zero-order valence-electron chi connectivity index (χ0n) is 19.8. The summed E-state index contributed by atoms with van der Waals surface area (Å²) in [5, 5.41) is 0. The van der Waals surface area contributed by atoms with Crippen LogP contribution in [0.3, 0.4) is 0 Å². The largest absolute Gasteiger partial charge is 0.276 e. The normalized spacial score (nSPS) is 19.3. The summed E-state index contributed by atoms with van der Waals surface area (Å²) in [5.74, 6) is -2.44. The predicted molar refractivity (Wildman–Crippen MR) is 129 cm³/mol. The fourth-order valence-electron chi connectivity index (χ4n) is 5.12. The highest BCUT2D eigenvalue weighted by atomic mass is 19.3. The summed E-state index contributed by atoms with van der Waals surface area (Å²) in [4.78, 5) is 0. The van der Waals surface area contributed by atoms with E-state index in [4.69, 9.17) is 0 Å². The lowest BCUT2D eigenvalue weighted by atomic mass is 9.77. The van der Waals surface area contributed by atoms with Crippen molar-refractivity contribution < 1.29 is 13.2 Å². The van der Waals surface area contributed by atoms with E-state index < -0.39 is 17.3 Å². The van der Waals surface area contributed by atoms with Crippen LogP contribution >= 0.6 is 0 Å². The smallest absolute Gasteiger partial charge is 0.206 e. The van der Waals surface area contributed by atoms with Crippen molar-refractivity contribution in [3.8, 4) is 11.1 Å². The Bertz CT molecular complexity index is 817. The van der Waals surface area contributed by atoms with Crippen LogP contribution in [0, 0.1) is 11.7 Å². The Hall–Kier alpha value is -1.77. The van der Waals surface area contributed by atoms with Crippen molar-refractivity contribution in [2.24, 2.45) is 5.92 Å². The third kappa shape index (κ3) is 6.62. The van der Waals surface area contributed by atoms with Crippen LogP contribution in [-0.2, 0) is 5.92 Å². The van der Waals surface area contributed by atoms with Gasteiger partial charge in [-0.3, -0.25) is 0 Å². The minimum Gasteiger partial charge on any atom is -0.206 e. The quantitative estimate of drug-likeness (QED) is 0.302. The first-order chi connectivity index (χ1) is 15.4. The van der Waals surface area contributed by atoms with Gasteiger partial charge < -0.3 is 0 Å². The summed E-state index contributed by atoms with van der Waals surface area (Å²) in [6.45, 7) is 4.12. The lowest BCUT2D eigenvalue weighted by Gasteiger charge is -2.29.